The van der Waals surface area contributed by atoms with Crippen LogP contribution in [0.4, 0.5) is 0 Å². The highest BCUT2D eigenvalue weighted by Crippen LogP contribution is 2.33. The first-order valence-electron chi connectivity index (χ1n) is 10.6. The summed E-state index contributed by atoms with van der Waals surface area (Å²) < 4.78 is 16.3. The van der Waals surface area contributed by atoms with Gasteiger partial charge in [0, 0.05) is 5.41 Å². The molecular weight excluding hydrogens is 416 g/mol. The Hall–Kier alpha value is -1.79. The second-order valence-electron chi connectivity index (χ2n) is 8.09. The van der Waals surface area contributed by atoms with Gasteiger partial charge in [-0.15, -0.1) is 11.6 Å². The van der Waals surface area contributed by atoms with Crippen molar-refractivity contribution in [1.82, 2.24) is 0 Å². The van der Waals surface area contributed by atoms with Crippen molar-refractivity contribution in [3.63, 3.8) is 0 Å². The van der Waals surface area contributed by atoms with E-state index in [0.717, 1.165) is 11.1 Å². The fourth-order valence-corrected chi connectivity index (χ4v) is 2.83. The number of allylic oxidation sites excluding steroid dienone is 5. The lowest BCUT2D eigenvalue weighted by atomic mass is 9.77. The van der Waals surface area contributed by atoms with Crippen LogP contribution < -0.4 is 4.74 Å². The van der Waals surface area contributed by atoms with E-state index in [-0.39, 0.29) is 37.2 Å². The number of halogens is 1. The van der Waals surface area contributed by atoms with E-state index in [1.807, 2.05) is 63.3 Å². The molecule has 0 radical (unpaired) electrons. The molecule has 6 heteroatoms. The van der Waals surface area contributed by atoms with E-state index in [1.165, 1.54) is 0 Å². The van der Waals surface area contributed by atoms with Gasteiger partial charge < -0.3 is 24.4 Å². The lowest BCUT2D eigenvalue weighted by molar-refractivity contribution is -0.0195. The topological polar surface area (TPSA) is 68.2 Å². The molecule has 0 aromatic heterocycles. The number of hydrogen-bond acceptors (Lipinski definition) is 5. The highest BCUT2D eigenvalue weighted by atomic mass is 35.5. The lowest BCUT2D eigenvalue weighted by Crippen LogP contribution is -2.22. The molecule has 0 saturated carbocycles. The predicted molar refractivity (Wildman–Crippen MR) is 127 cm³/mol. The van der Waals surface area contributed by atoms with Gasteiger partial charge in [-0.1, -0.05) is 44.2 Å². The van der Waals surface area contributed by atoms with Crippen LogP contribution in [0, 0.1) is 0 Å². The lowest BCUT2D eigenvalue weighted by Gasteiger charge is -2.27. The van der Waals surface area contributed by atoms with Crippen molar-refractivity contribution in [2.24, 2.45) is 0 Å². The average molecular weight is 453 g/mol. The van der Waals surface area contributed by atoms with Gasteiger partial charge >= 0.3 is 0 Å². The molecule has 0 amide bonds. The molecule has 2 N–H and O–H groups in total. The second-order valence-corrected chi connectivity index (χ2v) is 8.40. The molecular formula is C25H37ClO5. The number of aliphatic hydroxyl groups excluding tert-OH is 2. The zero-order valence-corrected chi connectivity index (χ0v) is 20.0. The molecule has 0 bridgehead atoms. The van der Waals surface area contributed by atoms with Crippen LogP contribution in [0.5, 0.6) is 5.75 Å². The summed E-state index contributed by atoms with van der Waals surface area (Å²) in [6.07, 6.45) is 8.22. The molecule has 0 aliphatic carbocycles. The molecule has 1 aromatic rings. The third kappa shape index (κ3) is 10.4. The largest absolute Gasteiger partial charge is 0.498 e. The van der Waals surface area contributed by atoms with Crippen molar-refractivity contribution < 1.29 is 24.4 Å². The molecule has 5 nitrogen and oxygen atoms in total. The maximum atomic E-state index is 9.83. The van der Waals surface area contributed by atoms with Crippen molar-refractivity contribution >= 4 is 11.6 Å². The fraction of sp³-hybridized carbons (Fsp3) is 0.520. The van der Waals surface area contributed by atoms with E-state index < -0.39 is 12.2 Å². The first kappa shape index (κ1) is 27.2. The van der Waals surface area contributed by atoms with Crippen molar-refractivity contribution in [1.29, 1.82) is 0 Å². The van der Waals surface area contributed by atoms with Gasteiger partial charge in [-0.25, -0.2) is 0 Å². The molecule has 0 heterocycles. The van der Waals surface area contributed by atoms with Gasteiger partial charge in [0.25, 0.3) is 0 Å². The van der Waals surface area contributed by atoms with Gasteiger partial charge in [0.05, 0.1) is 24.9 Å². The highest BCUT2D eigenvalue weighted by molar-refractivity contribution is 6.18. The first-order chi connectivity index (χ1) is 14.7. The zero-order valence-electron chi connectivity index (χ0n) is 19.3. The molecule has 0 aliphatic rings. The monoisotopic (exact) mass is 452 g/mol. The van der Waals surface area contributed by atoms with Gasteiger partial charge in [-0.3, -0.25) is 0 Å². The van der Waals surface area contributed by atoms with E-state index in [9.17, 15) is 10.2 Å². The Morgan fingerprint density at radius 3 is 2.32 bits per heavy atom. The van der Waals surface area contributed by atoms with Crippen molar-refractivity contribution in [2.45, 2.75) is 58.3 Å². The summed E-state index contributed by atoms with van der Waals surface area (Å²) in [5, 5.41) is 19.4. The van der Waals surface area contributed by atoms with Crippen molar-refractivity contribution in [2.75, 3.05) is 25.7 Å². The predicted octanol–water partition coefficient (Wildman–Crippen LogP) is 4.76. The van der Waals surface area contributed by atoms with E-state index in [1.54, 1.807) is 6.26 Å². The highest BCUT2D eigenvalue weighted by Gasteiger charge is 2.23. The van der Waals surface area contributed by atoms with Crippen LogP contribution in [0.3, 0.4) is 0 Å². The van der Waals surface area contributed by atoms with Crippen LogP contribution in [0.2, 0.25) is 0 Å². The summed E-state index contributed by atoms with van der Waals surface area (Å²) in [5.41, 5.74) is 1.97. The Balaban J connectivity index is 2.76. The van der Waals surface area contributed by atoms with Crippen LogP contribution in [-0.2, 0) is 14.9 Å². The number of benzene rings is 1. The molecule has 0 fully saturated rings. The number of ether oxygens (including phenoxy) is 3. The molecule has 0 saturated heterocycles. The van der Waals surface area contributed by atoms with E-state index in [2.05, 4.69) is 19.9 Å². The third-order valence-electron chi connectivity index (χ3n) is 4.63. The van der Waals surface area contributed by atoms with Gasteiger partial charge in [0.2, 0.25) is 0 Å². The van der Waals surface area contributed by atoms with E-state index in [0.29, 0.717) is 5.75 Å². The summed E-state index contributed by atoms with van der Waals surface area (Å²) in [6, 6.07) is 7.83. The molecule has 31 heavy (non-hydrogen) atoms. The summed E-state index contributed by atoms with van der Waals surface area (Å²) >= 11 is 5.59. The number of rotatable bonds is 14. The fourth-order valence-electron chi connectivity index (χ4n) is 2.74. The number of aliphatic hydroxyl groups is 2. The second kappa shape index (κ2) is 14.3. The summed E-state index contributed by atoms with van der Waals surface area (Å²) in [7, 11) is 0. The van der Waals surface area contributed by atoms with Crippen molar-refractivity contribution in [3.05, 3.63) is 66.0 Å². The third-order valence-corrected chi connectivity index (χ3v) is 4.98. The Kier molecular flexibility index (Phi) is 12.6. The number of alkyl halides is 1. The molecule has 1 rings (SSSR count). The molecule has 2 atom stereocenters. The Bertz CT molecular complexity index is 707. The Morgan fingerprint density at radius 1 is 1.06 bits per heavy atom. The maximum absolute atomic E-state index is 9.83. The Labute approximate surface area is 192 Å². The van der Waals surface area contributed by atoms with Gasteiger partial charge in [0.1, 0.15) is 31.2 Å². The quantitative estimate of drug-likeness (QED) is 0.242. The van der Waals surface area contributed by atoms with Crippen LogP contribution in [0.25, 0.3) is 0 Å². The molecule has 2 unspecified atom stereocenters. The minimum Gasteiger partial charge on any atom is -0.498 e. The summed E-state index contributed by atoms with van der Waals surface area (Å²) in [4.78, 5) is 0. The minimum atomic E-state index is -0.681. The Morgan fingerprint density at radius 2 is 1.74 bits per heavy atom. The smallest absolute Gasteiger partial charge is 0.119 e. The first-order valence-corrected chi connectivity index (χ1v) is 11.1. The molecule has 1 aromatic carbocycles. The maximum Gasteiger partial charge on any atom is 0.119 e. The number of hydrogen-bond donors (Lipinski definition) is 2. The summed E-state index contributed by atoms with van der Waals surface area (Å²) in [6.45, 7) is 10.7. The van der Waals surface area contributed by atoms with Gasteiger partial charge in [-0.05, 0) is 50.1 Å². The normalized spacial score (nSPS) is 15.1. The van der Waals surface area contributed by atoms with Gasteiger partial charge in [-0.2, -0.15) is 0 Å². The average Bonchev–Trinajstić information content (AvgIpc) is 2.75. The standard InChI is InChI=1S/C25H37ClO5/c1-6-8-20(9-7-14-29-16-23(28)18-30-19(2)3)25(4,5)21-10-12-24(13-11-21)31-17-22(27)15-26/h6-14,19,22-23,27-28H,15-18H2,1-5H3/b8-6-,14-7+,20-9+. The van der Waals surface area contributed by atoms with Crippen LogP contribution in [-0.4, -0.2) is 54.2 Å². The van der Waals surface area contributed by atoms with Crippen LogP contribution in [0.1, 0.15) is 40.2 Å². The zero-order chi connectivity index (χ0) is 23.3. The van der Waals surface area contributed by atoms with Crippen molar-refractivity contribution in [3.8, 4) is 5.75 Å². The van der Waals surface area contributed by atoms with E-state index >= 15 is 0 Å². The van der Waals surface area contributed by atoms with Crippen LogP contribution in [0.15, 0.2) is 60.4 Å². The van der Waals surface area contributed by atoms with E-state index in [4.69, 9.17) is 25.8 Å². The molecule has 0 aliphatic heterocycles. The summed E-state index contributed by atoms with van der Waals surface area (Å²) in [5.74, 6) is 0.832. The molecule has 0 spiro atoms. The van der Waals surface area contributed by atoms with Gasteiger partial charge in [0.15, 0.2) is 0 Å². The van der Waals surface area contributed by atoms with Crippen LogP contribution >= 0.6 is 11.6 Å². The SMILES string of the molecule is C\C=C/C(=C\C=C\OCC(O)COC(C)C)C(C)(C)c1ccc(OCC(O)CCl)cc1. The minimum absolute atomic E-state index is 0.0802. The molecule has 174 valence electrons.